The van der Waals surface area contributed by atoms with Gasteiger partial charge in [0.2, 0.25) is 0 Å². The molecule has 0 spiro atoms. The summed E-state index contributed by atoms with van der Waals surface area (Å²) in [4.78, 5) is 0. The summed E-state index contributed by atoms with van der Waals surface area (Å²) in [7, 11) is 0. The van der Waals surface area contributed by atoms with Gasteiger partial charge in [-0.1, -0.05) is 56.7 Å². The maximum Gasteiger partial charge on any atom is 0.0991 e. The lowest BCUT2D eigenvalue weighted by Crippen LogP contribution is -2.25. The minimum Gasteiger partial charge on any atom is -0.216 e. The van der Waals surface area contributed by atoms with Crippen LogP contribution in [0.15, 0.2) is 36.7 Å². The Kier molecular flexibility index (Phi) is 9.26. The third kappa shape index (κ3) is 6.98. The maximum absolute atomic E-state index is 11.9. The van der Waals surface area contributed by atoms with E-state index in [-0.39, 0.29) is 0 Å². The minimum absolute atomic E-state index is 0.679. The summed E-state index contributed by atoms with van der Waals surface area (Å²) in [5.41, 5.74) is 2.21. The van der Waals surface area contributed by atoms with Crippen LogP contribution < -0.4 is 0 Å². The Morgan fingerprint density at radius 2 is 1.45 bits per heavy atom. The van der Waals surface area contributed by atoms with E-state index < -0.39 is 0 Å². The lowest BCUT2D eigenvalue weighted by molar-refractivity contribution is 0.155. The summed E-state index contributed by atoms with van der Waals surface area (Å²) in [6, 6.07) is 10.5. The van der Waals surface area contributed by atoms with Crippen molar-refractivity contribution in [2.75, 3.05) is 0 Å². The fourth-order valence-electron chi connectivity index (χ4n) is 5.81. The maximum atomic E-state index is 11.9. The van der Waals surface area contributed by atoms with Gasteiger partial charge >= 0.3 is 0 Å². The molecule has 2 aliphatic rings. The fraction of sp³-hybridized carbons (Fsp3) is 0.667. The number of allylic oxidation sites excluding steroid dienone is 1. The molecule has 158 valence electrons. The Morgan fingerprint density at radius 3 is 2.07 bits per heavy atom. The number of benzene rings is 1. The van der Waals surface area contributed by atoms with Gasteiger partial charge in [-0.15, -0.1) is 0 Å². The average Bonchev–Trinajstić information content (AvgIpc) is 2.79. The summed E-state index contributed by atoms with van der Waals surface area (Å²) < 4.78 is 11.9. The van der Waals surface area contributed by atoms with Crippen molar-refractivity contribution in [1.29, 1.82) is 5.26 Å². The number of hydrogen-bond acceptors (Lipinski definition) is 1. The van der Waals surface area contributed by atoms with Crippen LogP contribution in [-0.4, -0.2) is 0 Å². The van der Waals surface area contributed by atoms with Crippen molar-refractivity contribution in [3.63, 3.8) is 0 Å². The van der Waals surface area contributed by atoms with E-state index in [1.54, 1.807) is 6.08 Å². The summed E-state index contributed by atoms with van der Waals surface area (Å²) in [5, 5.41) is 8.97. The summed E-state index contributed by atoms with van der Waals surface area (Å²) in [5.74, 6) is 3.59. The Bertz CT molecular complexity index is 640. The van der Waals surface area contributed by atoms with Crippen molar-refractivity contribution in [1.82, 2.24) is 0 Å². The molecule has 1 nitrogen and oxygen atoms in total. The van der Waals surface area contributed by atoms with Gasteiger partial charge in [-0.05, 0) is 92.7 Å². The van der Waals surface area contributed by atoms with E-state index in [0.29, 0.717) is 12.2 Å². The van der Waals surface area contributed by atoms with Gasteiger partial charge in [0.1, 0.15) is 0 Å². The Labute approximate surface area is 177 Å². The van der Waals surface area contributed by atoms with Gasteiger partial charge < -0.3 is 0 Å². The van der Waals surface area contributed by atoms with Crippen molar-refractivity contribution in [2.45, 2.75) is 95.8 Å². The van der Waals surface area contributed by atoms with E-state index in [1.807, 2.05) is 12.1 Å². The molecular weight excluding hydrogens is 357 g/mol. The number of unbranched alkanes of at least 4 members (excludes halogenated alkanes) is 4. The molecule has 0 heterocycles. The van der Waals surface area contributed by atoms with Gasteiger partial charge in [-0.25, -0.2) is 4.39 Å². The quantitative estimate of drug-likeness (QED) is 0.385. The molecule has 0 atom stereocenters. The lowest BCUT2D eigenvalue weighted by Gasteiger charge is -2.38. The summed E-state index contributed by atoms with van der Waals surface area (Å²) in [6.45, 7) is 0. The highest BCUT2D eigenvalue weighted by Crippen LogP contribution is 2.44. The Morgan fingerprint density at radius 1 is 0.828 bits per heavy atom. The van der Waals surface area contributed by atoms with E-state index >= 15 is 0 Å². The largest absolute Gasteiger partial charge is 0.216 e. The first-order chi connectivity index (χ1) is 14.3. The molecule has 1 aromatic rings. The number of rotatable bonds is 9. The topological polar surface area (TPSA) is 23.8 Å². The molecule has 29 heavy (non-hydrogen) atoms. The van der Waals surface area contributed by atoms with E-state index in [1.165, 1.54) is 82.6 Å². The van der Waals surface area contributed by atoms with Gasteiger partial charge in [0.15, 0.2) is 0 Å². The molecule has 1 aromatic carbocycles. The first kappa shape index (κ1) is 22.1. The highest BCUT2D eigenvalue weighted by Gasteiger charge is 2.31. The molecule has 0 aliphatic heterocycles. The van der Waals surface area contributed by atoms with Crippen LogP contribution in [0.2, 0.25) is 0 Å². The molecule has 0 bridgehead atoms. The van der Waals surface area contributed by atoms with E-state index in [4.69, 9.17) is 5.26 Å². The highest BCUT2D eigenvalue weighted by atomic mass is 19.1. The zero-order chi connectivity index (χ0) is 20.3. The molecule has 0 saturated heterocycles. The monoisotopic (exact) mass is 395 g/mol. The molecule has 0 amide bonds. The third-order valence-electron chi connectivity index (χ3n) is 7.66. The van der Waals surface area contributed by atoms with Gasteiger partial charge in [-0.2, -0.15) is 5.26 Å². The van der Waals surface area contributed by atoms with Gasteiger partial charge in [-0.3, -0.25) is 0 Å². The predicted molar refractivity (Wildman–Crippen MR) is 119 cm³/mol. The molecule has 0 radical (unpaired) electrons. The zero-order valence-electron chi connectivity index (χ0n) is 18.0. The normalized spacial score (nSPS) is 27.7. The molecule has 0 unspecified atom stereocenters. The molecule has 2 saturated carbocycles. The van der Waals surface area contributed by atoms with E-state index in [0.717, 1.165) is 36.2 Å². The van der Waals surface area contributed by atoms with Crippen molar-refractivity contribution in [2.24, 2.45) is 17.8 Å². The summed E-state index contributed by atoms with van der Waals surface area (Å²) >= 11 is 0. The second-order valence-electron chi connectivity index (χ2n) is 9.48. The van der Waals surface area contributed by atoms with Crippen LogP contribution in [-0.2, 0) is 0 Å². The lowest BCUT2D eigenvalue weighted by atomic mass is 9.68. The Hall–Kier alpha value is -1.62. The molecule has 3 rings (SSSR count). The average molecular weight is 396 g/mol. The van der Waals surface area contributed by atoms with E-state index in [9.17, 15) is 4.39 Å². The zero-order valence-corrected chi connectivity index (χ0v) is 18.0. The van der Waals surface area contributed by atoms with Crippen LogP contribution in [0.5, 0.6) is 0 Å². The number of hydrogen-bond donors (Lipinski definition) is 0. The molecule has 0 N–H and O–H groups in total. The highest BCUT2D eigenvalue weighted by molar-refractivity contribution is 5.33. The van der Waals surface area contributed by atoms with Crippen LogP contribution in [0.1, 0.15) is 107 Å². The van der Waals surface area contributed by atoms with Crippen LogP contribution in [0.4, 0.5) is 4.39 Å². The second kappa shape index (κ2) is 12.2. The first-order valence-corrected chi connectivity index (χ1v) is 12.1. The smallest absolute Gasteiger partial charge is 0.0991 e. The van der Waals surface area contributed by atoms with Gasteiger partial charge in [0.25, 0.3) is 0 Å². The molecule has 2 aliphatic carbocycles. The van der Waals surface area contributed by atoms with Gasteiger partial charge in [0, 0.05) is 0 Å². The fourth-order valence-corrected chi connectivity index (χ4v) is 5.81. The third-order valence-corrected chi connectivity index (χ3v) is 7.66. The van der Waals surface area contributed by atoms with Crippen molar-refractivity contribution in [3.05, 3.63) is 47.8 Å². The SMILES string of the molecule is N#Cc1ccc(C2CCC([C@H]3CC[C@H](CCCCCC/C=C/F)CC3)CC2)cc1. The van der Waals surface area contributed by atoms with Crippen molar-refractivity contribution >= 4 is 0 Å². The molecule has 0 aromatic heterocycles. The van der Waals surface area contributed by atoms with Crippen LogP contribution in [0, 0.1) is 29.1 Å². The van der Waals surface area contributed by atoms with Crippen molar-refractivity contribution < 1.29 is 4.39 Å². The molecular formula is C27H38FN. The number of halogens is 1. The standard InChI is InChI=1S/C27H38FN/c28-20-6-4-2-1-3-5-7-22-8-12-24(13-9-22)26-16-18-27(19-17-26)25-14-10-23(21-29)11-15-25/h6,10-11,14-15,20,22,24,26-27H,1-5,7-9,12-13,16-19H2/b20-6+/t22-,24-,26?,27?. The minimum atomic E-state index is 0.679. The first-order valence-electron chi connectivity index (χ1n) is 12.1. The predicted octanol–water partition coefficient (Wildman–Crippen LogP) is 8.46. The summed E-state index contributed by atoms with van der Waals surface area (Å²) in [6.07, 6.45) is 21.0. The van der Waals surface area contributed by atoms with Crippen LogP contribution >= 0.6 is 0 Å². The van der Waals surface area contributed by atoms with Gasteiger partial charge in [0.05, 0.1) is 18.0 Å². The number of nitriles is 1. The van der Waals surface area contributed by atoms with Crippen LogP contribution in [0.3, 0.4) is 0 Å². The molecule has 2 fully saturated rings. The van der Waals surface area contributed by atoms with Crippen molar-refractivity contribution in [3.8, 4) is 6.07 Å². The van der Waals surface area contributed by atoms with E-state index in [2.05, 4.69) is 18.2 Å². The van der Waals surface area contributed by atoms with Crippen LogP contribution in [0.25, 0.3) is 0 Å². The molecule has 2 heteroatoms. The Balaban J connectivity index is 1.30. The number of nitrogens with zero attached hydrogens (tertiary/aromatic N) is 1. The second-order valence-corrected chi connectivity index (χ2v) is 9.48.